The number of anilines is 1. The molecule has 0 fully saturated rings. The summed E-state index contributed by atoms with van der Waals surface area (Å²) < 4.78 is 49.6. The molecule has 142 valence electrons. The highest BCUT2D eigenvalue weighted by Crippen LogP contribution is 2.30. The summed E-state index contributed by atoms with van der Waals surface area (Å²) in [6, 6.07) is 12.1. The largest absolute Gasteiger partial charge is 0.493 e. The number of rotatable bonds is 6. The van der Waals surface area contributed by atoms with Gasteiger partial charge in [0.25, 0.3) is 0 Å². The minimum absolute atomic E-state index is 0.161. The summed E-state index contributed by atoms with van der Waals surface area (Å²) in [5.41, 5.74) is 1.20. The molecule has 0 saturated carbocycles. The summed E-state index contributed by atoms with van der Waals surface area (Å²) in [6.07, 6.45) is -4.04. The standard InChI is InChI=1S/C19H18F3N3O2/c1-26-15-8-7-12(11-16(15)27-2)9-10-23-17-13-5-3-4-6-14(13)24-18(25-17)19(20,21)22/h3-8,11H,9-10H2,1-2H3,(H,23,24,25). The van der Waals surface area contributed by atoms with Gasteiger partial charge < -0.3 is 14.8 Å². The molecule has 3 rings (SSSR count). The number of alkyl halides is 3. The number of nitrogens with one attached hydrogen (secondary N) is 1. The minimum Gasteiger partial charge on any atom is -0.493 e. The lowest BCUT2D eigenvalue weighted by Crippen LogP contribution is -2.14. The second kappa shape index (κ2) is 7.69. The van der Waals surface area contributed by atoms with E-state index in [0.717, 1.165) is 5.56 Å². The van der Waals surface area contributed by atoms with Gasteiger partial charge in [-0.2, -0.15) is 13.2 Å². The van der Waals surface area contributed by atoms with Crippen LogP contribution >= 0.6 is 0 Å². The first-order valence-corrected chi connectivity index (χ1v) is 8.21. The van der Waals surface area contributed by atoms with Gasteiger partial charge in [-0.15, -0.1) is 0 Å². The van der Waals surface area contributed by atoms with Gasteiger partial charge >= 0.3 is 6.18 Å². The van der Waals surface area contributed by atoms with E-state index in [4.69, 9.17) is 9.47 Å². The van der Waals surface area contributed by atoms with Crippen molar-refractivity contribution in [3.05, 3.63) is 53.9 Å². The molecule has 1 N–H and O–H groups in total. The predicted molar refractivity (Wildman–Crippen MR) is 96.3 cm³/mol. The fourth-order valence-corrected chi connectivity index (χ4v) is 2.70. The molecule has 27 heavy (non-hydrogen) atoms. The van der Waals surface area contributed by atoms with Gasteiger partial charge in [0, 0.05) is 11.9 Å². The normalized spacial score (nSPS) is 11.4. The average molecular weight is 377 g/mol. The van der Waals surface area contributed by atoms with E-state index in [1.807, 2.05) is 12.1 Å². The lowest BCUT2D eigenvalue weighted by molar-refractivity contribution is -0.144. The first-order valence-electron chi connectivity index (χ1n) is 8.21. The SMILES string of the molecule is COc1ccc(CCNc2nc(C(F)(F)F)nc3ccccc23)cc1OC. The van der Waals surface area contributed by atoms with Crippen molar-refractivity contribution in [3.8, 4) is 11.5 Å². The van der Waals surface area contributed by atoms with Crippen LogP contribution in [0.2, 0.25) is 0 Å². The van der Waals surface area contributed by atoms with Crippen LogP contribution in [0.25, 0.3) is 10.9 Å². The summed E-state index contributed by atoms with van der Waals surface area (Å²) in [7, 11) is 3.10. The Bertz CT molecular complexity index is 945. The zero-order valence-electron chi connectivity index (χ0n) is 14.8. The van der Waals surface area contributed by atoms with E-state index in [1.165, 1.54) is 6.07 Å². The number of ether oxygens (including phenoxy) is 2. The second-order valence-electron chi connectivity index (χ2n) is 5.78. The summed E-state index contributed by atoms with van der Waals surface area (Å²) in [5, 5.41) is 3.53. The first kappa shape index (κ1) is 18.8. The Morgan fingerprint density at radius 3 is 2.41 bits per heavy atom. The Kier molecular flexibility index (Phi) is 5.34. The number of nitrogens with zero attached hydrogens (tertiary/aromatic N) is 2. The maximum Gasteiger partial charge on any atom is 0.451 e. The third-order valence-electron chi connectivity index (χ3n) is 4.01. The van der Waals surface area contributed by atoms with Crippen LogP contribution < -0.4 is 14.8 Å². The molecule has 5 nitrogen and oxygen atoms in total. The van der Waals surface area contributed by atoms with Crippen LogP contribution in [0.5, 0.6) is 11.5 Å². The van der Waals surface area contributed by atoms with Gasteiger partial charge in [-0.3, -0.25) is 0 Å². The molecule has 0 radical (unpaired) electrons. The monoisotopic (exact) mass is 377 g/mol. The number of aromatic nitrogens is 2. The van der Waals surface area contributed by atoms with Gasteiger partial charge in [-0.05, 0) is 36.2 Å². The molecule has 0 aliphatic rings. The smallest absolute Gasteiger partial charge is 0.451 e. The quantitative estimate of drug-likeness (QED) is 0.693. The Morgan fingerprint density at radius 2 is 1.70 bits per heavy atom. The molecule has 1 heterocycles. The Hall–Kier alpha value is -3.03. The number of para-hydroxylation sites is 1. The molecular weight excluding hydrogens is 359 g/mol. The third-order valence-corrected chi connectivity index (χ3v) is 4.01. The Morgan fingerprint density at radius 1 is 0.963 bits per heavy atom. The maximum atomic E-state index is 13.1. The van der Waals surface area contributed by atoms with Crippen LogP contribution in [0.3, 0.4) is 0 Å². The average Bonchev–Trinajstić information content (AvgIpc) is 2.66. The van der Waals surface area contributed by atoms with Crippen LogP contribution in [0.15, 0.2) is 42.5 Å². The predicted octanol–water partition coefficient (Wildman–Crippen LogP) is 4.32. The fraction of sp³-hybridized carbons (Fsp3) is 0.263. The van der Waals surface area contributed by atoms with E-state index in [-0.39, 0.29) is 11.3 Å². The minimum atomic E-state index is -4.61. The van der Waals surface area contributed by atoms with Crippen molar-refractivity contribution >= 4 is 16.7 Å². The van der Waals surface area contributed by atoms with Gasteiger partial charge in [-0.25, -0.2) is 9.97 Å². The molecular formula is C19H18F3N3O2. The highest BCUT2D eigenvalue weighted by molar-refractivity contribution is 5.89. The maximum absolute atomic E-state index is 13.1. The van der Waals surface area contributed by atoms with Crippen molar-refractivity contribution in [1.82, 2.24) is 9.97 Å². The van der Waals surface area contributed by atoms with E-state index in [2.05, 4.69) is 15.3 Å². The highest BCUT2D eigenvalue weighted by atomic mass is 19.4. The summed E-state index contributed by atoms with van der Waals surface area (Å²) in [4.78, 5) is 7.28. The summed E-state index contributed by atoms with van der Waals surface area (Å²) in [6.45, 7) is 0.397. The Labute approximate surface area is 154 Å². The molecule has 0 atom stereocenters. The molecule has 0 aliphatic carbocycles. The third kappa shape index (κ3) is 4.21. The van der Waals surface area contributed by atoms with E-state index in [9.17, 15) is 13.2 Å². The topological polar surface area (TPSA) is 56.3 Å². The lowest BCUT2D eigenvalue weighted by Gasteiger charge is -2.13. The molecule has 2 aromatic carbocycles. The molecule has 0 amide bonds. The van der Waals surface area contributed by atoms with Crippen molar-refractivity contribution in [2.75, 3.05) is 26.1 Å². The number of hydrogen-bond acceptors (Lipinski definition) is 5. The summed E-state index contributed by atoms with van der Waals surface area (Å²) >= 11 is 0. The van der Waals surface area contributed by atoms with E-state index >= 15 is 0 Å². The number of methoxy groups -OCH3 is 2. The van der Waals surface area contributed by atoms with E-state index in [0.29, 0.717) is 29.9 Å². The fourth-order valence-electron chi connectivity index (χ4n) is 2.70. The van der Waals surface area contributed by atoms with Crippen LogP contribution in [0.4, 0.5) is 19.0 Å². The molecule has 1 aromatic heterocycles. The molecule has 0 spiro atoms. The van der Waals surface area contributed by atoms with E-state index in [1.54, 1.807) is 38.5 Å². The van der Waals surface area contributed by atoms with Gasteiger partial charge in [0.15, 0.2) is 11.5 Å². The summed E-state index contributed by atoms with van der Waals surface area (Å²) in [5.74, 6) is 0.218. The van der Waals surface area contributed by atoms with Crippen LogP contribution in [-0.4, -0.2) is 30.7 Å². The van der Waals surface area contributed by atoms with Crippen molar-refractivity contribution in [2.45, 2.75) is 12.6 Å². The van der Waals surface area contributed by atoms with Crippen molar-refractivity contribution in [2.24, 2.45) is 0 Å². The second-order valence-corrected chi connectivity index (χ2v) is 5.78. The number of benzene rings is 2. The van der Waals surface area contributed by atoms with Crippen molar-refractivity contribution in [3.63, 3.8) is 0 Å². The molecule has 0 aliphatic heterocycles. The van der Waals surface area contributed by atoms with Crippen molar-refractivity contribution in [1.29, 1.82) is 0 Å². The molecule has 0 saturated heterocycles. The first-order chi connectivity index (χ1) is 12.9. The van der Waals surface area contributed by atoms with Crippen LogP contribution in [0.1, 0.15) is 11.4 Å². The van der Waals surface area contributed by atoms with Gasteiger partial charge in [-0.1, -0.05) is 18.2 Å². The van der Waals surface area contributed by atoms with Gasteiger partial charge in [0.2, 0.25) is 5.82 Å². The zero-order chi connectivity index (χ0) is 19.4. The van der Waals surface area contributed by atoms with Crippen LogP contribution in [0, 0.1) is 0 Å². The zero-order valence-corrected chi connectivity index (χ0v) is 14.8. The Balaban J connectivity index is 1.81. The molecule has 0 bridgehead atoms. The molecule has 8 heteroatoms. The van der Waals surface area contributed by atoms with Crippen LogP contribution in [-0.2, 0) is 12.6 Å². The lowest BCUT2D eigenvalue weighted by atomic mass is 10.1. The number of hydrogen-bond donors (Lipinski definition) is 1. The highest BCUT2D eigenvalue weighted by Gasteiger charge is 2.35. The number of halogens is 3. The van der Waals surface area contributed by atoms with Crippen molar-refractivity contribution < 1.29 is 22.6 Å². The van der Waals surface area contributed by atoms with Gasteiger partial charge in [0.05, 0.1) is 19.7 Å². The number of fused-ring (bicyclic) bond motifs is 1. The molecule has 0 unspecified atom stereocenters. The van der Waals surface area contributed by atoms with Gasteiger partial charge in [0.1, 0.15) is 5.82 Å². The molecule has 3 aromatic rings. The van der Waals surface area contributed by atoms with E-state index < -0.39 is 12.0 Å².